The van der Waals surface area contributed by atoms with Gasteiger partial charge >= 0.3 is 11.9 Å². The Labute approximate surface area is 430 Å². The van der Waals surface area contributed by atoms with E-state index >= 15 is 4.79 Å². The molecule has 400 valence electrons. The van der Waals surface area contributed by atoms with E-state index in [4.69, 9.17) is 47.4 Å². The number of ketones is 3. The standard InChI is InChI=1S/C56H68O18/c1-32-49(73-43(62)25-34-11-9-8-10-12-34)56(74-33(2)57)47(51(56,3)4)46-44-45-48(55(32,46)64)54(72-31-70-20-18-68-27-38(59)22-36-14-16-40(61)42(24-36)66-7)28-53(44,52(45,5)50(54)63)29-71-30-69-19-17-67-26-37(58)21-35-13-15-39(60)41(23-35)65-6/h8-16,23-24,32,44-49,60-61,64H,17-22,25-31H2,1-7H3/t32-,44+,45?,46+,47+,48-,49-,52?,53?,54+,55-,56+/m0/s1. The zero-order valence-electron chi connectivity index (χ0n) is 43.1. The molecule has 9 rings (SSSR count). The van der Waals surface area contributed by atoms with Crippen molar-refractivity contribution in [3.05, 3.63) is 83.4 Å². The van der Waals surface area contributed by atoms with Gasteiger partial charge in [0.25, 0.3) is 0 Å². The zero-order chi connectivity index (χ0) is 53.0. The normalized spacial score (nSPS) is 33.0. The Hall–Kier alpha value is -5.47. The van der Waals surface area contributed by atoms with Gasteiger partial charge in [-0.15, -0.1) is 0 Å². The van der Waals surface area contributed by atoms with Gasteiger partial charge in [-0.1, -0.05) is 70.2 Å². The Bertz CT molecular complexity index is 2640. The summed E-state index contributed by atoms with van der Waals surface area (Å²) in [6.07, 6.45) is -0.755. The van der Waals surface area contributed by atoms with Gasteiger partial charge in [0.05, 0.1) is 59.3 Å². The molecule has 0 saturated heterocycles. The average Bonchev–Trinajstić information content (AvgIpc) is 3.56. The molecule has 3 aromatic rings. The molecule has 2 bridgehead atoms. The monoisotopic (exact) mass is 1030 g/mol. The third kappa shape index (κ3) is 8.39. The number of aromatic hydroxyl groups is 2. The minimum Gasteiger partial charge on any atom is -0.504 e. The second-order valence-electron chi connectivity index (χ2n) is 21.7. The Morgan fingerprint density at radius 3 is 1.81 bits per heavy atom. The molecule has 3 N–H and O–H groups in total. The van der Waals surface area contributed by atoms with Crippen LogP contribution in [-0.2, 0) is 81.1 Å². The third-order valence-corrected chi connectivity index (χ3v) is 17.8. The first kappa shape index (κ1) is 53.4. The highest BCUT2D eigenvalue weighted by Crippen LogP contribution is 2.94. The van der Waals surface area contributed by atoms with E-state index in [0.29, 0.717) is 11.1 Å². The van der Waals surface area contributed by atoms with E-state index in [-0.39, 0.29) is 138 Å². The molecule has 74 heavy (non-hydrogen) atoms. The molecule has 0 amide bonds. The lowest BCUT2D eigenvalue weighted by molar-refractivity contribution is -0.265. The largest absolute Gasteiger partial charge is 0.504 e. The van der Waals surface area contributed by atoms with Crippen molar-refractivity contribution in [1.82, 2.24) is 0 Å². The molecule has 0 heterocycles. The van der Waals surface area contributed by atoms with E-state index in [9.17, 15) is 34.5 Å². The van der Waals surface area contributed by atoms with E-state index in [0.717, 1.165) is 5.56 Å². The van der Waals surface area contributed by atoms with E-state index in [1.54, 1.807) is 24.3 Å². The summed E-state index contributed by atoms with van der Waals surface area (Å²) in [6.45, 7) is 8.60. The topological polar surface area (TPSA) is 238 Å². The highest BCUT2D eigenvalue weighted by molar-refractivity contribution is 6.02. The maximum atomic E-state index is 15.3. The summed E-state index contributed by atoms with van der Waals surface area (Å²) in [5.74, 6) is -4.36. The van der Waals surface area contributed by atoms with Crippen molar-refractivity contribution in [3.8, 4) is 23.0 Å². The summed E-state index contributed by atoms with van der Waals surface area (Å²) in [5, 5.41) is 33.6. The number of benzene rings is 3. The number of carbonyl (C=O) groups is 5. The second-order valence-corrected chi connectivity index (χ2v) is 21.7. The summed E-state index contributed by atoms with van der Waals surface area (Å²) < 4.78 is 59.2. The highest BCUT2D eigenvalue weighted by atomic mass is 16.7. The fourth-order valence-electron chi connectivity index (χ4n) is 15.0. The number of carbonyl (C=O) groups excluding carboxylic acids is 5. The number of fused-ring (bicyclic) bond motifs is 8. The molecule has 18 nitrogen and oxygen atoms in total. The molecular weight excluding hydrogens is 961 g/mol. The molecule has 0 aliphatic heterocycles. The second kappa shape index (κ2) is 20.2. The Balaban J connectivity index is 0.896. The number of Topliss-reactive ketones (excluding diaryl/α,β-unsaturated/α-hetero) is 3. The van der Waals surface area contributed by atoms with E-state index in [2.05, 4.69) is 0 Å². The summed E-state index contributed by atoms with van der Waals surface area (Å²) >= 11 is 0. The van der Waals surface area contributed by atoms with Gasteiger partial charge in [-0.05, 0) is 65.1 Å². The maximum absolute atomic E-state index is 15.3. The van der Waals surface area contributed by atoms with Crippen LogP contribution in [0.4, 0.5) is 0 Å². The van der Waals surface area contributed by atoms with Crippen LogP contribution < -0.4 is 9.47 Å². The van der Waals surface area contributed by atoms with Crippen molar-refractivity contribution >= 4 is 29.3 Å². The minimum absolute atomic E-state index is 0.0226. The molecule has 6 fully saturated rings. The average molecular weight is 1030 g/mol. The van der Waals surface area contributed by atoms with E-state index < -0.39 is 74.8 Å². The lowest BCUT2D eigenvalue weighted by Crippen LogP contribution is -2.67. The van der Waals surface area contributed by atoms with Gasteiger partial charge < -0.3 is 62.7 Å². The van der Waals surface area contributed by atoms with Gasteiger partial charge in [0, 0.05) is 53.8 Å². The van der Waals surface area contributed by atoms with Crippen LogP contribution in [0.2, 0.25) is 0 Å². The smallest absolute Gasteiger partial charge is 0.310 e. The molecule has 3 aromatic carbocycles. The first-order valence-corrected chi connectivity index (χ1v) is 25.3. The number of phenolic OH excluding ortho intramolecular Hbond substituents is 2. The number of aliphatic hydroxyl groups is 1. The summed E-state index contributed by atoms with van der Waals surface area (Å²) in [5.41, 5.74) is -5.03. The van der Waals surface area contributed by atoms with Crippen LogP contribution in [0.15, 0.2) is 66.7 Å². The molecule has 0 radical (unpaired) electrons. The van der Waals surface area contributed by atoms with Crippen LogP contribution in [-0.4, -0.2) is 142 Å². The molecule has 12 atom stereocenters. The number of hydrogen-bond donors (Lipinski definition) is 3. The lowest BCUT2D eigenvalue weighted by atomic mass is 9.37. The maximum Gasteiger partial charge on any atom is 0.310 e. The van der Waals surface area contributed by atoms with Gasteiger partial charge in [-0.2, -0.15) is 0 Å². The Morgan fingerprint density at radius 1 is 0.676 bits per heavy atom. The molecule has 0 spiro atoms. The van der Waals surface area contributed by atoms with Crippen LogP contribution in [0.5, 0.6) is 23.0 Å². The van der Waals surface area contributed by atoms with Crippen molar-refractivity contribution in [1.29, 1.82) is 0 Å². The molecule has 3 unspecified atom stereocenters. The van der Waals surface area contributed by atoms with E-state index in [1.807, 2.05) is 58.0 Å². The number of rotatable bonds is 27. The fourth-order valence-corrected chi connectivity index (χ4v) is 15.0. The van der Waals surface area contributed by atoms with Gasteiger partial charge in [-0.25, -0.2) is 0 Å². The van der Waals surface area contributed by atoms with E-state index in [1.165, 1.54) is 33.3 Å². The minimum atomic E-state index is -1.65. The molecule has 0 aromatic heterocycles. The third-order valence-electron chi connectivity index (χ3n) is 17.8. The van der Waals surface area contributed by atoms with Crippen LogP contribution >= 0.6 is 0 Å². The number of hydrogen-bond acceptors (Lipinski definition) is 18. The molecule has 6 saturated carbocycles. The van der Waals surface area contributed by atoms with Crippen LogP contribution in [0.1, 0.15) is 57.7 Å². The summed E-state index contributed by atoms with van der Waals surface area (Å²) in [7, 11) is 2.86. The SMILES string of the molecule is COc1cc(CC(=O)COCCOCOCC23C[C@]4(OCOCCOCC(=O)Cc5ccc(O)c(OC)c5)C(=O)C2(C)C2[C@@H]3[C@@H]3[C@@H]5C(C)(C)[C@]5(OC(C)=O)[C@@H](OC(=O)Cc5ccccc5)[C@H](C)[C@@]3(O)[C@@H]24)ccc1O. The van der Waals surface area contributed by atoms with Crippen LogP contribution in [0.3, 0.4) is 0 Å². The predicted molar refractivity (Wildman–Crippen MR) is 260 cm³/mol. The van der Waals surface area contributed by atoms with Gasteiger partial charge in [0.15, 0.2) is 45.9 Å². The first-order valence-electron chi connectivity index (χ1n) is 25.3. The van der Waals surface area contributed by atoms with Crippen molar-refractivity contribution < 1.29 is 86.7 Å². The Kier molecular flexibility index (Phi) is 14.6. The van der Waals surface area contributed by atoms with Crippen LogP contribution in [0.25, 0.3) is 0 Å². The van der Waals surface area contributed by atoms with Crippen molar-refractivity contribution in [3.63, 3.8) is 0 Å². The first-order chi connectivity index (χ1) is 35.3. The number of phenols is 2. The zero-order valence-corrected chi connectivity index (χ0v) is 43.1. The molecule has 6 aliphatic carbocycles. The molecular formula is C56H68O18. The molecule has 6 aliphatic rings. The van der Waals surface area contributed by atoms with Gasteiger partial charge in [0.1, 0.15) is 38.5 Å². The summed E-state index contributed by atoms with van der Waals surface area (Å²) in [4.78, 5) is 67.7. The predicted octanol–water partition coefficient (Wildman–Crippen LogP) is 4.76. The fraction of sp³-hybridized carbons (Fsp3) is 0.589. The lowest BCUT2D eigenvalue weighted by Gasteiger charge is -2.65. The number of esters is 2. The molecule has 18 heteroatoms. The van der Waals surface area contributed by atoms with Crippen molar-refractivity contribution in [2.45, 2.75) is 83.2 Å². The number of methoxy groups -OCH3 is 2. The van der Waals surface area contributed by atoms with Gasteiger partial charge in [0.2, 0.25) is 0 Å². The van der Waals surface area contributed by atoms with Crippen molar-refractivity contribution in [2.75, 3.05) is 74.1 Å². The Morgan fingerprint density at radius 2 is 1.24 bits per heavy atom. The highest BCUT2D eigenvalue weighted by Gasteiger charge is 3.02. The van der Waals surface area contributed by atoms with Gasteiger partial charge in [-0.3, -0.25) is 24.0 Å². The summed E-state index contributed by atoms with van der Waals surface area (Å²) in [6, 6.07) is 18.5. The quantitative estimate of drug-likeness (QED) is 0.0530. The van der Waals surface area contributed by atoms with Crippen molar-refractivity contribution in [2.24, 2.45) is 51.8 Å². The number of ether oxygens (including phenoxy) is 10. The van der Waals surface area contributed by atoms with Crippen LogP contribution in [0, 0.1) is 51.8 Å².